The van der Waals surface area contributed by atoms with Gasteiger partial charge >= 0.3 is 0 Å². The third kappa shape index (κ3) is 7.02. The number of likely N-dealkylation sites (N-methyl/N-ethyl adjacent to an activating group) is 1. The van der Waals surface area contributed by atoms with E-state index in [0.29, 0.717) is 11.3 Å². The number of anilines is 1. The van der Waals surface area contributed by atoms with Crippen molar-refractivity contribution in [3.05, 3.63) is 65.0 Å². The molecule has 2 aromatic carbocycles. The van der Waals surface area contributed by atoms with E-state index in [1.807, 2.05) is 26.0 Å². The lowest BCUT2D eigenvalue weighted by atomic mass is 10.1. The molecular formula is C24H32FN3O4S. The lowest BCUT2D eigenvalue weighted by molar-refractivity contribution is -0.140. The minimum Gasteiger partial charge on any atom is -0.357 e. The van der Waals surface area contributed by atoms with Gasteiger partial charge in [0.05, 0.1) is 11.9 Å². The van der Waals surface area contributed by atoms with E-state index < -0.39 is 21.9 Å². The lowest BCUT2D eigenvalue weighted by Crippen LogP contribution is -2.47. The smallest absolute Gasteiger partial charge is 0.242 e. The number of amides is 2. The quantitative estimate of drug-likeness (QED) is 0.570. The Bertz CT molecular complexity index is 1100. The molecule has 0 radical (unpaired) electrons. The van der Waals surface area contributed by atoms with E-state index in [9.17, 15) is 22.4 Å². The molecule has 0 aromatic heterocycles. The predicted molar refractivity (Wildman–Crippen MR) is 128 cm³/mol. The molecule has 2 amide bonds. The summed E-state index contributed by atoms with van der Waals surface area (Å²) in [5, 5.41) is 2.51. The van der Waals surface area contributed by atoms with Gasteiger partial charge in [-0.2, -0.15) is 0 Å². The van der Waals surface area contributed by atoms with Crippen LogP contribution in [0.25, 0.3) is 0 Å². The zero-order valence-corrected chi connectivity index (χ0v) is 20.6. The second-order valence-electron chi connectivity index (χ2n) is 8.13. The highest BCUT2D eigenvalue weighted by Gasteiger charge is 2.27. The van der Waals surface area contributed by atoms with Gasteiger partial charge in [-0.15, -0.1) is 0 Å². The first kappa shape index (κ1) is 26.3. The molecule has 0 aliphatic carbocycles. The summed E-state index contributed by atoms with van der Waals surface area (Å²) in [4.78, 5) is 26.6. The normalized spacial score (nSPS) is 12.2. The van der Waals surface area contributed by atoms with Gasteiger partial charge in [0, 0.05) is 32.1 Å². The van der Waals surface area contributed by atoms with E-state index in [4.69, 9.17) is 0 Å². The molecule has 0 fully saturated rings. The molecule has 2 rings (SSSR count). The number of sulfonamides is 1. The van der Waals surface area contributed by atoms with E-state index in [0.717, 1.165) is 17.4 Å². The van der Waals surface area contributed by atoms with Gasteiger partial charge in [0.25, 0.3) is 0 Å². The number of nitrogens with zero attached hydrogens (tertiary/aromatic N) is 2. The Morgan fingerprint density at radius 1 is 1.12 bits per heavy atom. The average Bonchev–Trinajstić information content (AvgIpc) is 2.76. The van der Waals surface area contributed by atoms with Gasteiger partial charge in [0.1, 0.15) is 11.9 Å². The van der Waals surface area contributed by atoms with Crippen LogP contribution in [0.15, 0.2) is 42.5 Å². The number of carbonyl (C=O) groups is 2. The summed E-state index contributed by atoms with van der Waals surface area (Å²) in [6, 6.07) is 10.8. The summed E-state index contributed by atoms with van der Waals surface area (Å²) < 4.78 is 40.4. The zero-order valence-electron chi connectivity index (χ0n) is 19.8. The second-order valence-corrected chi connectivity index (χ2v) is 10.0. The monoisotopic (exact) mass is 477 g/mol. The van der Waals surface area contributed by atoms with Crippen molar-refractivity contribution >= 4 is 27.5 Å². The highest BCUT2D eigenvalue weighted by Crippen LogP contribution is 2.24. The van der Waals surface area contributed by atoms with Crippen molar-refractivity contribution in [2.24, 2.45) is 0 Å². The Hall–Kier alpha value is -2.94. The molecule has 33 heavy (non-hydrogen) atoms. The largest absolute Gasteiger partial charge is 0.357 e. The fourth-order valence-corrected chi connectivity index (χ4v) is 4.59. The van der Waals surface area contributed by atoms with Crippen LogP contribution in [-0.2, 0) is 26.2 Å². The average molecular weight is 478 g/mol. The van der Waals surface area contributed by atoms with Crippen LogP contribution in [0.1, 0.15) is 36.5 Å². The van der Waals surface area contributed by atoms with Crippen molar-refractivity contribution < 1.29 is 22.4 Å². The van der Waals surface area contributed by atoms with Gasteiger partial charge in [-0.05, 0) is 50.5 Å². The molecule has 180 valence electrons. The summed E-state index contributed by atoms with van der Waals surface area (Å²) in [7, 11) is -2.10. The van der Waals surface area contributed by atoms with Gasteiger partial charge in [-0.25, -0.2) is 12.8 Å². The number of halogens is 1. The van der Waals surface area contributed by atoms with E-state index in [-0.39, 0.29) is 37.7 Å². The number of rotatable bonds is 10. The first-order chi connectivity index (χ1) is 15.5. The molecule has 1 atom stereocenters. The predicted octanol–water partition coefficient (Wildman–Crippen LogP) is 3.15. The molecule has 0 saturated heterocycles. The van der Waals surface area contributed by atoms with Crippen molar-refractivity contribution in [2.75, 3.05) is 24.2 Å². The first-order valence-corrected chi connectivity index (χ1v) is 12.6. The maximum atomic E-state index is 14.2. The molecule has 0 saturated carbocycles. The van der Waals surface area contributed by atoms with Crippen molar-refractivity contribution in [3.63, 3.8) is 0 Å². The number of carbonyl (C=O) groups excluding carboxylic acids is 2. The summed E-state index contributed by atoms with van der Waals surface area (Å²) in [6.07, 6.45) is 1.38. The van der Waals surface area contributed by atoms with E-state index >= 15 is 0 Å². The van der Waals surface area contributed by atoms with Crippen LogP contribution in [0.4, 0.5) is 10.1 Å². The van der Waals surface area contributed by atoms with E-state index in [2.05, 4.69) is 5.32 Å². The molecular weight excluding hydrogens is 445 g/mol. The maximum Gasteiger partial charge on any atom is 0.242 e. The van der Waals surface area contributed by atoms with Crippen molar-refractivity contribution in [3.8, 4) is 0 Å². The van der Waals surface area contributed by atoms with Crippen LogP contribution in [0, 0.1) is 19.7 Å². The second kappa shape index (κ2) is 11.3. The van der Waals surface area contributed by atoms with Crippen LogP contribution in [0.5, 0.6) is 0 Å². The van der Waals surface area contributed by atoms with Gasteiger partial charge in [0.15, 0.2) is 0 Å². The van der Waals surface area contributed by atoms with Crippen molar-refractivity contribution in [2.45, 2.75) is 46.2 Å². The molecule has 0 aliphatic heterocycles. The molecule has 0 aliphatic rings. The Labute approximate surface area is 195 Å². The third-order valence-corrected chi connectivity index (χ3v) is 6.68. The summed E-state index contributed by atoms with van der Waals surface area (Å²) in [5.74, 6) is -1.19. The summed E-state index contributed by atoms with van der Waals surface area (Å²) >= 11 is 0. The highest BCUT2D eigenvalue weighted by atomic mass is 32.2. The molecule has 9 heteroatoms. The van der Waals surface area contributed by atoms with Crippen LogP contribution in [-0.4, -0.2) is 51.0 Å². The minimum atomic E-state index is -3.57. The van der Waals surface area contributed by atoms with E-state index in [1.165, 1.54) is 22.3 Å². The molecule has 1 N–H and O–H groups in total. The molecule has 0 spiro atoms. The number of hydrogen-bond donors (Lipinski definition) is 1. The Kier molecular flexibility index (Phi) is 8.99. The Morgan fingerprint density at radius 3 is 2.39 bits per heavy atom. The Morgan fingerprint density at radius 2 is 1.79 bits per heavy atom. The van der Waals surface area contributed by atoms with Gasteiger partial charge in [-0.3, -0.25) is 13.9 Å². The summed E-state index contributed by atoms with van der Waals surface area (Å²) in [5.41, 5.74) is 2.62. The molecule has 0 unspecified atom stereocenters. The lowest BCUT2D eigenvalue weighted by Gasteiger charge is -2.29. The zero-order chi connectivity index (χ0) is 24.8. The molecule has 2 aromatic rings. The third-order valence-electron chi connectivity index (χ3n) is 5.50. The van der Waals surface area contributed by atoms with E-state index in [1.54, 1.807) is 31.2 Å². The highest BCUT2D eigenvalue weighted by molar-refractivity contribution is 7.92. The van der Waals surface area contributed by atoms with Gasteiger partial charge in [0.2, 0.25) is 21.8 Å². The molecule has 0 heterocycles. The minimum absolute atomic E-state index is 0.00662. The number of aryl methyl sites for hydroxylation is 2. The number of benzene rings is 2. The fourth-order valence-electron chi connectivity index (χ4n) is 3.57. The van der Waals surface area contributed by atoms with Crippen molar-refractivity contribution in [1.29, 1.82) is 0 Å². The van der Waals surface area contributed by atoms with Crippen molar-refractivity contribution in [1.82, 2.24) is 10.2 Å². The van der Waals surface area contributed by atoms with Gasteiger partial charge in [-0.1, -0.05) is 30.3 Å². The summed E-state index contributed by atoms with van der Waals surface area (Å²) in [6.45, 7) is 5.34. The molecule has 7 nitrogen and oxygen atoms in total. The Balaban J connectivity index is 2.19. The fraction of sp³-hybridized carbons (Fsp3) is 0.417. The van der Waals surface area contributed by atoms with Crippen LogP contribution in [0.2, 0.25) is 0 Å². The number of nitrogens with one attached hydrogen (secondary N) is 1. The SMILES string of the molecule is CNC(=O)[C@H](C)N(Cc1ccccc1F)C(=O)CCCN(c1cc(C)ccc1C)S(C)(=O)=O. The standard InChI is InChI=1S/C24H32FN3O4S/c1-17-12-13-18(2)22(15-17)28(33(5,31)32)14-8-11-23(29)27(19(3)24(30)26-4)16-20-9-6-7-10-21(20)25/h6-7,9-10,12-13,15,19H,8,11,14,16H2,1-5H3,(H,26,30)/t19-/m0/s1. The number of hydrogen-bond acceptors (Lipinski definition) is 4. The van der Waals surface area contributed by atoms with Gasteiger partial charge < -0.3 is 10.2 Å². The first-order valence-electron chi connectivity index (χ1n) is 10.7. The molecule has 0 bridgehead atoms. The topological polar surface area (TPSA) is 86.8 Å². The maximum absolute atomic E-state index is 14.2. The van der Waals surface area contributed by atoms with Crippen LogP contribution >= 0.6 is 0 Å². The van der Waals surface area contributed by atoms with Crippen LogP contribution in [0.3, 0.4) is 0 Å². The van der Waals surface area contributed by atoms with Crippen LogP contribution < -0.4 is 9.62 Å².